The Morgan fingerprint density at radius 2 is 2.00 bits per heavy atom. The molecule has 0 unspecified atom stereocenters. The maximum absolute atomic E-state index is 2.34. The minimum atomic E-state index is 1.28. The zero-order chi connectivity index (χ0) is 8.01. The second-order valence-corrected chi connectivity index (χ2v) is 3.83. The average Bonchev–Trinajstić information content (AvgIpc) is 2.43. The Balaban J connectivity index is 2.93. The fraction of sp³-hybridized carbons (Fsp3) is 0.250. The first-order valence-corrected chi connectivity index (χ1v) is 4.54. The summed E-state index contributed by atoms with van der Waals surface area (Å²) >= 11 is 2.34. The van der Waals surface area contributed by atoms with Crippen molar-refractivity contribution in [3.8, 4) is 0 Å². The van der Waals surface area contributed by atoms with Crippen LogP contribution in [0, 0.1) is 3.70 Å². The Bertz CT molecular complexity index is 397. The normalized spacial score (nSPS) is 11.2. The highest BCUT2D eigenvalue weighted by Gasteiger charge is 2.04. The van der Waals surface area contributed by atoms with Crippen molar-refractivity contribution >= 4 is 33.6 Å². The van der Waals surface area contributed by atoms with E-state index in [1.807, 2.05) is 0 Å². The fourth-order valence-electron chi connectivity index (χ4n) is 1.31. The fourth-order valence-corrected chi connectivity index (χ4v) is 1.87. The van der Waals surface area contributed by atoms with Crippen molar-refractivity contribution in [2.75, 3.05) is 0 Å². The van der Waals surface area contributed by atoms with Gasteiger partial charge in [0, 0.05) is 20.3 Å². The van der Waals surface area contributed by atoms with Crippen LogP contribution >= 0.6 is 22.6 Å². The van der Waals surface area contributed by atoms with E-state index < -0.39 is 0 Å². The van der Waals surface area contributed by atoms with E-state index in [2.05, 4.69) is 64.1 Å². The summed E-state index contributed by atoms with van der Waals surface area (Å²) in [4.78, 5) is 0. The number of halogens is 1. The molecule has 0 amide bonds. The maximum Gasteiger partial charge on any atom is 0.0821 e. The number of hydrogen-bond acceptors (Lipinski definition) is 0. The molecular formula is C8H9IN2. The van der Waals surface area contributed by atoms with Gasteiger partial charge in [0.05, 0.1) is 14.7 Å². The molecule has 2 heterocycles. The zero-order valence-corrected chi connectivity index (χ0v) is 8.66. The molecule has 11 heavy (non-hydrogen) atoms. The lowest BCUT2D eigenvalue weighted by molar-refractivity contribution is 0.938. The third kappa shape index (κ3) is 0.903. The van der Waals surface area contributed by atoms with Crippen molar-refractivity contribution in [1.29, 1.82) is 0 Å². The highest BCUT2D eigenvalue weighted by molar-refractivity contribution is 14.1. The predicted octanol–water partition coefficient (Wildman–Crippen LogP) is 2.12. The number of nitrogens with zero attached hydrogens (tertiary/aromatic N) is 2. The molecule has 2 aromatic rings. The maximum atomic E-state index is 2.34. The van der Waals surface area contributed by atoms with Crippen LogP contribution in [0.3, 0.4) is 0 Å². The lowest BCUT2D eigenvalue weighted by atomic mass is 10.5. The van der Waals surface area contributed by atoms with Crippen molar-refractivity contribution in [2.45, 2.75) is 0 Å². The SMILES string of the molecule is Cn1ccc2c1cc(I)n2C. The molecule has 2 nitrogen and oxygen atoms in total. The van der Waals surface area contributed by atoms with Crippen LogP contribution in [0.2, 0.25) is 0 Å². The largest absolute Gasteiger partial charge is 0.349 e. The van der Waals surface area contributed by atoms with Crippen LogP contribution in [0.5, 0.6) is 0 Å². The Kier molecular flexibility index (Phi) is 1.49. The number of aryl methyl sites for hydroxylation is 2. The first kappa shape index (κ1) is 7.21. The van der Waals surface area contributed by atoms with Gasteiger partial charge in [-0.15, -0.1) is 0 Å². The molecule has 0 aliphatic heterocycles. The van der Waals surface area contributed by atoms with E-state index in [-0.39, 0.29) is 0 Å². The molecule has 0 aromatic carbocycles. The molecule has 58 valence electrons. The van der Waals surface area contributed by atoms with Crippen LogP contribution in [0.15, 0.2) is 18.3 Å². The number of aromatic nitrogens is 2. The summed E-state index contributed by atoms with van der Waals surface area (Å²) in [6.45, 7) is 0. The Morgan fingerprint density at radius 1 is 1.27 bits per heavy atom. The molecule has 0 radical (unpaired) electrons. The molecule has 3 heteroatoms. The van der Waals surface area contributed by atoms with Gasteiger partial charge in [-0.2, -0.15) is 0 Å². The van der Waals surface area contributed by atoms with Gasteiger partial charge in [-0.05, 0) is 34.7 Å². The van der Waals surface area contributed by atoms with Gasteiger partial charge in [0.2, 0.25) is 0 Å². The van der Waals surface area contributed by atoms with Gasteiger partial charge in [0.1, 0.15) is 0 Å². The first-order valence-electron chi connectivity index (χ1n) is 3.46. The summed E-state index contributed by atoms with van der Waals surface area (Å²) in [7, 11) is 4.16. The van der Waals surface area contributed by atoms with Crippen molar-refractivity contribution in [1.82, 2.24) is 9.13 Å². The van der Waals surface area contributed by atoms with Gasteiger partial charge in [-0.3, -0.25) is 0 Å². The van der Waals surface area contributed by atoms with Crippen LogP contribution in [-0.2, 0) is 14.1 Å². The topological polar surface area (TPSA) is 9.86 Å². The molecule has 0 fully saturated rings. The quantitative estimate of drug-likeness (QED) is 0.642. The average molecular weight is 260 g/mol. The van der Waals surface area contributed by atoms with Crippen LogP contribution < -0.4 is 0 Å². The van der Waals surface area contributed by atoms with E-state index in [0.717, 1.165) is 0 Å². The number of hydrogen-bond donors (Lipinski definition) is 0. The van der Waals surface area contributed by atoms with Gasteiger partial charge < -0.3 is 9.13 Å². The Labute approximate surface area is 78.9 Å². The van der Waals surface area contributed by atoms with E-state index >= 15 is 0 Å². The Morgan fingerprint density at radius 3 is 2.64 bits per heavy atom. The van der Waals surface area contributed by atoms with Crippen molar-refractivity contribution < 1.29 is 0 Å². The molecule has 0 saturated carbocycles. The van der Waals surface area contributed by atoms with E-state index in [1.165, 1.54) is 14.7 Å². The van der Waals surface area contributed by atoms with Crippen molar-refractivity contribution in [3.05, 3.63) is 22.0 Å². The molecule has 0 aliphatic rings. The van der Waals surface area contributed by atoms with Crippen LogP contribution in [0.1, 0.15) is 0 Å². The standard InChI is InChI=1S/C8H9IN2/c1-10-4-3-6-7(10)5-8(9)11(6)2/h3-5H,1-2H3. The second-order valence-electron chi connectivity index (χ2n) is 2.72. The molecule has 2 aromatic heterocycles. The van der Waals surface area contributed by atoms with E-state index in [0.29, 0.717) is 0 Å². The lowest BCUT2D eigenvalue weighted by Gasteiger charge is -1.91. The van der Waals surface area contributed by atoms with Crippen LogP contribution in [-0.4, -0.2) is 9.13 Å². The zero-order valence-electron chi connectivity index (χ0n) is 6.50. The van der Waals surface area contributed by atoms with Crippen molar-refractivity contribution in [3.63, 3.8) is 0 Å². The summed E-state index contributed by atoms with van der Waals surface area (Å²) in [5.74, 6) is 0. The van der Waals surface area contributed by atoms with Gasteiger partial charge in [-0.25, -0.2) is 0 Å². The molecule has 2 rings (SSSR count). The molecule has 0 saturated heterocycles. The summed E-state index contributed by atoms with van der Waals surface area (Å²) in [6.07, 6.45) is 2.08. The smallest absolute Gasteiger partial charge is 0.0821 e. The van der Waals surface area contributed by atoms with Gasteiger partial charge in [0.25, 0.3) is 0 Å². The Hall–Kier alpha value is -0.450. The summed E-state index contributed by atoms with van der Waals surface area (Å²) in [5.41, 5.74) is 2.61. The summed E-state index contributed by atoms with van der Waals surface area (Å²) in [5, 5.41) is 0. The highest BCUT2D eigenvalue weighted by atomic mass is 127. The molecule has 0 atom stereocenters. The van der Waals surface area contributed by atoms with Crippen LogP contribution in [0.4, 0.5) is 0 Å². The monoisotopic (exact) mass is 260 g/mol. The molecule has 0 aliphatic carbocycles. The van der Waals surface area contributed by atoms with E-state index in [4.69, 9.17) is 0 Å². The number of rotatable bonds is 0. The summed E-state index contributed by atoms with van der Waals surface area (Å²) < 4.78 is 5.61. The molecular weight excluding hydrogens is 251 g/mol. The third-order valence-corrected chi connectivity index (χ3v) is 3.07. The van der Waals surface area contributed by atoms with Gasteiger partial charge in [-0.1, -0.05) is 0 Å². The first-order chi connectivity index (χ1) is 5.20. The minimum absolute atomic E-state index is 1.28. The third-order valence-electron chi connectivity index (χ3n) is 2.04. The predicted molar refractivity (Wildman–Crippen MR) is 54.6 cm³/mol. The van der Waals surface area contributed by atoms with Gasteiger partial charge >= 0.3 is 0 Å². The summed E-state index contributed by atoms with van der Waals surface area (Å²) in [6, 6.07) is 4.33. The highest BCUT2D eigenvalue weighted by Crippen LogP contribution is 2.19. The molecule has 0 N–H and O–H groups in total. The van der Waals surface area contributed by atoms with Crippen LogP contribution in [0.25, 0.3) is 11.0 Å². The minimum Gasteiger partial charge on any atom is -0.349 e. The van der Waals surface area contributed by atoms with E-state index in [1.54, 1.807) is 0 Å². The molecule has 0 spiro atoms. The lowest BCUT2D eigenvalue weighted by Crippen LogP contribution is -1.87. The number of fused-ring (bicyclic) bond motifs is 1. The van der Waals surface area contributed by atoms with Crippen molar-refractivity contribution in [2.24, 2.45) is 14.1 Å². The molecule has 0 bridgehead atoms. The second kappa shape index (κ2) is 2.27. The van der Waals surface area contributed by atoms with E-state index in [9.17, 15) is 0 Å². The van der Waals surface area contributed by atoms with Gasteiger partial charge in [0.15, 0.2) is 0 Å².